The number of halogens is 2. The fourth-order valence-corrected chi connectivity index (χ4v) is 4.33. The summed E-state index contributed by atoms with van der Waals surface area (Å²) in [5, 5.41) is 11.3. The molecule has 0 spiro atoms. The number of benzene rings is 1. The first-order valence-electron chi connectivity index (χ1n) is 10.5. The van der Waals surface area contributed by atoms with E-state index < -0.39 is 29.8 Å². The third-order valence-electron chi connectivity index (χ3n) is 6.05. The number of aromatic nitrogens is 2. The third kappa shape index (κ3) is 4.56. The lowest BCUT2D eigenvalue weighted by Crippen LogP contribution is -2.44. The van der Waals surface area contributed by atoms with Crippen LogP contribution in [0.1, 0.15) is 57.0 Å². The first-order chi connectivity index (χ1) is 14.1. The van der Waals surface area contributed by atoms with Gasteiger partial charge in [-0.05, 0) is 25.8 Å². The van der Waals surface area contributed by atoms with Gasteiger partial charge in [0.25, 0.3) is 5.82 Å². The van der Waals surface area contributed by atoms with E-state index in [0.29, 0.717) is 24.6 Å². The van der Waals surface area contributed by atoms with Crippen LogP contribution in [0.25, 0.3) is 0 Å². The molecule has 5 nitrogen and oxygen atoms in total. The molecule has 3 rings (SSSR count). The summed E-state index contributed by atoms with van der Waals surface area (Å²) in [5.41, 5.74) is -1.76. The molecule has 1 saturated carbocycles. The van der Waals surface area contributed by atoms with Gasteiger partial charge >= 0.3 is 5.97 Å². The zero-order valence-electron chi connectivity index (χ0n) is 17.9. The van der Waals surface area contributed by atoms with Crippen molar-refractivity contribution in [1.29, 1.82) is 0 Å². The van der Waals surface area contributed by atoms with Crippen LogP contribution >= 0.6 is 0 Å². The molecule has 0 saturated heterocycles. The second-order valence-electron chi connectivity index (χ2n) is 8.46. The van der Waals surface area contributed by atoms with E-state index in [1.54, 1.807) is 30.3 Å². The molecule has 1 aromatic heterocycles. The molecule has 1 aliphatic carbocycles. The normalized spacial score (nSPS) is 20.3. The Hall–Kier alpha value is -2.28. The quantitative estimate of drug-likeness (QED) is 0.399. The molecule has 0 unspecified atom stereocenters. The van der Waals surface area contributed by atoms with Crippen molar-refractivity contribution in [3.05, 3.63) is 54.1 Å². The average molecular weight is 422 g/mol. The highest BCUT2D eigenvalue weighted by Crippen LogP contribution is 2.47. The number of hydrogen-bond donors (Lipinski definition) is 1. The van der Waals surface area contributed by atoms with Gasteiger partial charge in [-0.2, -0.15) is 0 Å². The van der Waals surface area contributed by atoms with Crippen molar-refractivity contribution in [3.63, 3.8) is 0 Å². The van der Waals surface area contributed by atoms with Crippen LogP contribution in [0.2, 0.25) is 0 Å². The van der Waals surface area contributed by atoms with Gasteiger partial charge in [0.1, 0.15) is 12.4 Å². The van der Waals surface area contributed by atoms with Gasteiger partial charge in [0.2, 0.25) is 5.92 Å². The molecule has 30 heavy (non-hydrogen) atoms. The molecule has 164 valence electrons. The SMILES string of the molecule is Cc1n(C(C)C)cc[n+]1CCCOC(=O)[C@](O)(c1ccccc1)[C@H]1CCC(F)(F)C1. The minimum Gasteiger partial charge on any atom is -0.463 e. The molecule has 1 aromatic carbocycles. The highest BCUT2D eigenvalue weighted by molar-refractivity contribution is 5.81. The van der Waals surface area contributed by atoms with Gasteiger partial charge in [-0.1, -0.05) is 30.3 Å². The van der Waals surface area contributed by atoms with Crippen molar-refractivity contribution in [1.82, 2.24) is 4.57 Å². The molecule has 1 heterocycles. The Morgan fingerprint density at radius 3 is 2.63 bits per heavy atom. The van der Waals surface area contributed by atoms with Crippen molar-refractivity contribution in [2.24, 2.45) is 5.92 Å². The van der Waals surface area contributed by atoms with Crippen molar-refractivity contribution in [2.75, 3.05) is 6.61 Å². The predicted molar refractivity (Wildman–Crippen MR) is 108 cm³/mol. The third-order valence-corrected chi connectivity index (χ3v) is 6.05. The summed E-state index contributed by atoms with van der Waals surface area (Å²) in [5.74, 6) is -3.49. The second-order valence-corrected chi connectivity index (χ2v) is 8.46. The Morgan fingerprint density at radius 2 is 2.07 bits per heavy atom. The number of rotatable bonds is 8. The lowest BCUT2D eigenvalue weighted by Gasteiger charge is -2.32. The number of ether oxygens (including phenoxy) is 1. The molecule has 7 heteroatoms. The number of carbonyl (C=O) groups excluding carboxylic acids is 1. The molecule has 1 N–H and O–H groups in total. The summed E-state index contributed by atoms with van der Waals surface area (Å²) < 4.78 is 37.3. The van der Waals surface area contributed by atoms with Crippen molar-refractivity contribution >= 4 is 5.97 Å². The summed E-state index contributed by atoms with van der Waals surface area (Å²) >= 11 is 0. The molecule has 0 aliphatic heterocycles. The summed E-state index contributed by atoms with van der Waals surface area (Å²) in [7, 11) is 0. The maximum absolute atomic E-state index is 13.8. The number of nitrogens with zero attached hydrogens (tertiary/aromatic N) is 2. The lowest BCUT2D eigenvalue weighted by molar-refractivity contribution is -0.703. The van der Waals surface area contributed by atoms with Crippen LogP contribution in [0.15, 0.2) is 42.7 Å². The number of hydrogen-bond acceptors (Lipinski definition) is 3. The van der Waals surface area contributed by atoms with Gasteiger partial charge in [-0.15, -0.1) is 0 Å². The molecule has 1 aliphatic rings. The molecule has 2 aromatic rings. The van der Waals surface area contributed by atoms with Gasteiger partial charge < -0.3 is 9.84 Å². The van der Waals surface area contributed by atoms with E-state index in [-0.39, 0.29) is 19.4 Å². The highest BCUT2D eigenvalue weighted by atomic mass is 19.3. The van der Waals surface area contributed by atoms with Crippen LogP contribution < -0.4 is 4.57 Å². The Kier molecular flexibility index (Phi) is 6.60. The average Bonchev–Trinajstić information content (AvgIpc) is 3.27. The largest absolute Gasteiger partial charge is 0.463 e. The minimum absolute atomic E-state index is 0.0747. The van der Waals surface area contributed by atoms with E-state index in [1.165, 1.54) is 0 Å². The second kappa shape index (κ2) is 8.84. The summed E-state index contributed by atoms with van der Waals surface area (Å²) in [6, 6.07) is 8.65. The Balaban J connectivity index is 1.66. The summed E-state index contributed by atoms with van der Waals surface area (Å²) in [4.78, 5) is 12.9. The van der Waals surface area contributed by atoms with Crippen molar-refractivity contribution in [3.8, 4) is 0 Å². The Labute approximate surface area is 176 Å². The topological polar surface area (TPSA) is 55.3 Å². The monoisotopic (exact) mass is 421 g/mol. The zero-order chi connectivity index (χ0) is 21.9. The summed E-state index contributed by atoms with van der Waals surface area (Å²) in [6.45, 7) is 7.01. The van der Waals surface area contributed by atoms with Gasteiger partial charge in [-0.25, -0.2) is 22.7 Å². The van der Waals surface area contributed by atoms with Crippen molar-refractivity contribution in [2.45, 2.75) is 70.6 Å². The van der Waals surface area contributed by atoms with Crippen LogP contribution in [-0.2, 0) is 21.7 Å². The van der Waals surface area contributed by atoms with Crippen LogP contribution in [0.4, 0.5) is 8.78 Å². The molecule has 1 fully saturated rings. The van der Waals surface area contributed by atoms with Gasteiger partial charge in [-0.3, -0.25) is 0 Å². The first-order valence-corrected chi connectivity index (χ1v) is 10.5. The number of esters is 1. The smallest absolute Gasteiger partial charge is 0.343 e. The number of imidazole rings is 1. The standard InChI is InChI=1S/C23H31F2N2O3/c1-17(2)27-14-13-26(18(27)3)12-7-15-30-21(28)23(29,19-8-5-4-6-9-19)20-10-11-22(24,25)16-20/h4-6,8-9,13-14,17,20,29H,7,10-12,15-16H2,1-3H3/q+1/t20-,23-/m0/s1. The molecule has 2 atom stereocenters. The number of carbonyl (C=O) groups is 1. The molecule has 0 bridgehead atoms. The van der Waals surface area contributed by atoms with Gasteiger partial charge in [0, 0.05) is 32.1 Å². The van der Waals surface area contributed by atoms with E-state index in [1.807, 2.05) is 19.3 Å². The summed E-state index contributed by atoms with van der Waals surface area (Å²) in [6.07, 6.45) is 3.78. The minimum atomic E-state index is -2.87. The maximum Gasteiger partial charge on any atom is 0.343 e. The van der Waals surface area contributed by atoms with E-state index in [9.17, 15) is 18.7 Å². The molecule has 0 radical (unpaired) electrons. The van der Waals surface area contributed by atoms with Crippen molar-refractivity contribution < 1.29 is 28.0 Å². The molecular formula is C23H31F2N2O3+. The zero-order valence-corrected chi connectivity index (χ0v) is 17.9. The van der Waals surface area contributed by atoms with E-state index in [4.69, 9.17) is 4.74 Å². The fraction of sp³-hybridized carbons (Fsp3) is 0.565. The fourth-order valence-electron chi connectivity index (χ4n) is 4.33. The van der Waals surface area contributed by atoms with E-state index >= 15 is 0 Å². The van der Waals surface area contributed by atoms with Gasteiger partial charge in [0.05, 0.1) is 19.2 Å². The number of aryl methyl sites for hydroxylation is 1. The van der Waals surface area contributed by atoms with Crippen LogP contribution in [0.3, 0.4) is 0 Å². The first kappa shape index (κ1) is 22.4. The predicted octanol–water partition coefficient (Wildman–Crippen LogP) is 3.92. The van der Waals surface area contributed by atoms with Crippen LogP contribution in [-0.4, -0.2) is 28.2 Å². The van der Waals surface area contributed by atoms with Crippen LogP contribution in [0.5, 0.6) is 0 Å². The highest BCUT2D eigenvalue weighted by Gasteiger charge is 2.54. The number of alkyl halides is 2. The van der Waals surface area contributed by atoms with Crippen LogP contribution in [0, 0.1) is 12.8 Å². The lowest BCUT2D eigenvalue weighted by atomic mass is 9.80. The Bertz CT molecular complexity index is 867. The molecule has 0 amide bonds. The number of aliphatic hydroxyl groups is 1. The Morgan fingerprint density at radius 1 is 1.37 bits per heavy atom. The molecular weight excluding hydrogens is 390 g/mol. The van der Waals surface area contributed by atoms with E-state index in [0.717, 1.165) is 5.82 Å². The van der Waals surface area contributed by atoms with Gasteiger partial charge in [0.15, 0.2) is 5.60 Å². The maximum atomic E-state index is 13.8. The van der Waals surface area contributed by atoms with E-state index in [2.05, 4.69) is 23.0 Å².